The van der Waals surface area contributed by atoms with Gasteiger partial charge in [0.1, 0.15) is 34.6 Å². The smallest absolute Gasteiger partial charge is 0.373 e. The van der Waals surface area contributed by atoms with Crippen molar-refractivity contribution in [1.29, 1.82) is 0 Å². The van der Waals surface area contributed by atoms with Crippen LogP contribution in [0.1, 0.15) is 204 Å². The maximum atomic E-state index is 11.9. The number of hydrogen-bond donors (Lipinski definition) is 0. The van der Waals surface area contributed by atoms with Gasteiger partial charge in [0.25, 0.3) is 0 Å². The maximum Gasteiger partial charge on any atom is 0.373 e. The standard InChI is InChI=1S/2C15H32O3Si.C9H16O3.C6H12O2.C4H4O3.3CO2/c2*1-10-12(11-13(16)17-14(2,3)4)18-19(8,9)15(5,6)7;1-5-7(10)6-8(11)12-9(2,3)4;1-5(7)8-6(2,3)4;5-3-1-2-4(6)7-3;3*2-1-3/h2*12H,10-11H2,1-9H3;5-6H2,1-4H3;1-4H3;1-2H2;;;/t12-;;;;;;;/m0......./s1. The van der Waals surface area contributed by atoms with Crippen molar-refractivity contribution in [3.05, 3.63) is 0 Å². The molecule has 0 radical (unpaired) electrons. The predicted molar refractivity (Wildman–Crippen MR) is 278 cm³/mol. The van der Waals surface area contributed by atoms with E-state index in [1.807, 2.05) is 62.3 Å². The van der Waals surface area contributed by atoms with Crippen molar-refractivity contribution >= 4 is 76.7 Å². The molecular weight excluding hydrogens is 1000 g/mol. The van der Waals surface area contributed by atoms with Crippen LogP contribution in [0.4, 0.5) is 0 Å². The van der Waals surface area contributed by atoms with Gasteiger partial charge in [0, 0.05) is 13.3 Å². The van der Waals surface area contributed by atoms with Crippen molar-refractivity contribution < 1.29 is 94.9 Å². The summed E-state index contributed by atoms with van der Waals surface area (Å²) in [5, 5.41) is 0.322. The molecule has 0 aromatic rings. The molecular formula is C52H96O20Si2. The summed E-state index contributed by atoms with van der Waals surface area (Å²) in [4.78, 5) is 125. The molecule has 0 amide bonds. The van der Waals surface area contributed by atoms with Crippen molar-refractivity contribution in [2.45, 2.75) is 275 Å². The van der Waals surface area contributed by atoms with E-state index in [1.54, 1.807) is 27.7 Å². The van der Waals surface area contributed by atoms with Gasteiger partial charge in [0.05, 0.1) is 37.9 Å². The summed E-state index contributed by atoms with van der Waals surface area (Å²) in [6.07, 6.45) is 3.87. The van der Waals surface area contributed by atoms with E-state index in [-0.39, 0.29) is 89.3 Å². The fourth-order valence-electron chi connectivity index (χ4n) is 4.39. The van der Waals surface area contributed by atoms with Crippen molar-refractivity contribution in [2.24, 2.45) is 0 Å². The third-order valence-electron chi connectivity index (χ3n) is 9.44. The Balaban J connectivity index is -0.000000151. The van der Waals surface area contributed by atoms with E-state index in [0.717, 1.165) is 12.8 Å². The van der Waals surface area contributed by atoms with Crippen molar-refractivity contribution in [3.8, 4) is 0 Å². The van der Waals surface area contributed by atoms with Crippen LogP contribution in [0.2, 0.25) is 36.3 Å². The summed E-state index contributed by atoms with van der Waals surface area (Å²) >= 11 is 0. The second-order valence-electron chi connectivity index (χ2n) is 23.4. The van der Waals surface area contributed by atoms with Crippen molar-refractivity contribution in [2.75, 3.05) is 0 Å². The summed E-state index contributed by atoms with van der Waals surface area (Å²) in [6, 6.07) is 0. The lowest BCUT2D eigenvalue weighted by Crippen LogP contribution is -2.44. The molecule has 1 saturated heterocycles. The molecule has 0 N–H and O–H groups in total. The summed E-state index contributed by atoms with van der Waals surface area (Å²) in [5.74, 6) is -1.87. The second kappa shape index (κ2) is 39.6. The molecule has 1 aliphatic heterocycles. The highest BCUT2D eigenvalue weighted by atomic mass is 28.4. The minimum absolute atomic E-state index is 0.0317. The van der Waals surface area contributed by atoms with Crippen LogP contribution in [0.3, 0.4) is 0 Å². The van der Waals surface area contributed by atoms with E-state index >= 15 is 0 Å². The third-order valence-corrected chi connectivity index (χ3v) is 18.5. The lowest BCUT2D eigenvalue weighted by atomic mass is 10.1. The largest absolute Gasteiger partial charge is 0.460 e. The lowest BCUT2D eigenvalue weighted by molar-refractivity contribution is -0.193. The van der Waals surface area contributed by atoms with E-state index in [2.05, 4.69) is 86.3 Å². The molecule has 1 aliphatic rings. The van der Waals surface area contributed by atoms with Gasteiger partial charge in [-0.25, -0.2) is 0 Å². The highest BCUT2D eigenvalue weighted by Crippen LogP contribution is 2.39. The van der Waals surface area contributed by atoms with Crippen LogP contribution in [0.15, 0.2) is 0 Å². The van der Waals surface area contributed by atoms with E-state index in [4.69, 9.17) is 56.6 Å². The monoisotopic (exact) mass is 1100 g/mol. The van der Waals surface area contributed by atoms with Gasteiger partial charge in [-0.05, 0) is 132 Å². The topological polar surface area (TPSA) is 287 Å². The molecule has 74 heavy (non-hydrogen) atoms. The fraction of sp³-hybridized carbons (Fsp3) is 0.808. The molecule has 0 spiro atoms. The summed E-state index contributed by atoms with van der Waals surface area (Å²) in [7, 11) is -3.64. The average Bonchev–Trinajstić information content (AvgIpc) is 3.53. The number of hydrogen-bond acceptors (Lipinski definition) is 20. The summed E-state index contributed by atoms with van der Waals surface area (Å²) < 4.78 is 37.1. The van der Waals surface area contributed by atoms with E-state index in [9.17, 15) is 33.6 Å². The number of esters is 6. The Hall–Kier alpha value is -4.82. The lowest BCUT2D eigenvalue weighted by Gasteiger charge is -2.39. The van der Waals surface area contributed by atoms with E-state index < -0.39 is 51.3 Å². The summed E-state index contributed by atoms with van der Waals surface area (Å²) in [5.41, 5.74) is -1.67. The first-order valence-corrected chi connectivity index (χ1v) is 30.1. The SMILES string of the molecule is CC(=O)OC(C)(C)C.CCC(=O)CC(=O)OC(C)(C)C.CCC(CC(=O)OC(C)(C)C)O[Si](C)(C)C(C)(C)C.CC[C@@H](CC(=O)OC(C)(C)C)O[Si](C)(C)C(C)(C)C.O=C1CCC(=O)O1.O=C=O.O=C=O.O=C=O. The number of carbonyl (C=O) groups is 7. The fourth-order valence-corrected chi connectivity index (χ4v) is 7.27. The number of cyclic esters (lactones) is 2. The highest BCUT2D eigenvalue weighted by Gasteiger charge is 2.40. The van der Waals surface area contributed by atoms with Gasteiger partial charge < -0.3 is 32.5 Å². The number of carbonyl (C=O) groups excluding carboxylic acids is 13. The van der Waals surface area contributed by atoms with Crippen LogP contribution in [0.25, 0.3) is 0 Å². The Kier molecular flexibility index (Phi) is 44.5. The Morgan fingerprint density at radius 1 is 0.486 bits per heavy atom. The van der Waals surface area contributed by atoms with Gasteiger partial charge in [0.2, 0.25) is 0 Å². The molecule has 1 fully saturated rings. The molecule has 1 heterocycles. The van der Waals surface area contributed by atoms with Crippen molar-refractivity contribution in [3.63, 3.8) is 0 Å². The van der Waals surface area contributed by atoms with Gasteiger partial charge in [0.15, 0.2) is 16.6 Å². The molecule has 432 valence electrons. The minimum Gasteiger partial charge on any atom is -0.460 e. The summed E-state index contributed by atoms with van der Waals surface area (Å²) in [6.45, 7) is 51.5. The zero-order valence-corrected chi connectivity index (χ0v) is 52.0. The molecule has 2 atom stereocenters. The van der Waals surface area contributed by atoms with Crippen LogP contribution < -0.4 is 0 Å². The molecule has 0 bridgehead atoms. The Morgan fingerprint density at radius 2 is 0.730 bits per heavy atom. The van der Waals surface area contributed by atoms with Crippen LogP contribution in [-0.2, 0) is 94.9 Å². The van der Waals surface area contributed by atoms with Gasteiger partial charge in [-0.2, -0.15) is 28.8 Å². The van der Waals surface area contributed by atoms with Gasteiger partial charge in [-0.1, -0.05) is 62.3 Å². The minimum atomic E-state index is -1.82. The van der Waals surface area contributed by atoms with Gasteiger partial charge in [-0.3, -0.25) is 33.6 Å². The number of Topliss-reactive ketones (excluding diaryl/α,β-unsaturated/α-hetero) is 1. The number of ketones is 1. The Bertz CT molecular complexity index is 1660. The highest BCUT2D eigenvalue weighted by molar-refractivity contribution is 6.74. The molecule has 0 saturated carbocycles. The first kappa shape index (κ1) is 83.2. The van der Waals surface area contributed by atoms with E-state index in [1.165, 1.54) is 6.92 Å². The molecule has 0 aliphatic carbocycles. The molecule has 1 rings (SSSR count). The van der Waals surface area contributed by atoms with Crippen molar-refractivity contribution in [1.82, 2.24) is 0 Å². The number of rotatable bonds is 13. The molecule has 22 heteroatoms. The maximum absolute atomic E-state index is 11.9. The second-order valence-corrected chi connectivity index (χ2v) is 32.9. The Morgan fingerprint density at radius 3 is 0.878 bits per heavy atom. The molecule has 0 aromatic heterocycles. The van der Waals surface area contributed by atoms with Crippen LogP contribution in [0.5, 0.6) is 0 Å². The Labute approximate surface area is 444 Å². The zero-order chi connectivity index (χ0) is 60.9. The predicted octanol–water partition coefficient (Wildman–Crippen LogP) is 10.2. The van der Waals surface area contributed by atoms with Gasteiger partial charge in [-0.15, -0.1) is 0 Å². The first-order valence-electron chi connectivity index (χ1n) is 24.3. The van der Waals surface area contributed by atoms with Gasteiger partial charge >= 0.3 is 54.3 Å². The zero-order valence-electron chi connectivity index (χ0n) is 50.0. The molecule has 0 aromatic carbocycles. The third kappa shape index (κ3) is 59.7. The first-order chi connectivity index (χ1) is 32.9. The van der Waals surface area contributed by atoms with Crippen LogP contribution in [-0.4, -0.2) is 111 Å². The normalized spacial score (nSPS) is 13.0. The quantitative estimate of drug-likeness (QED) is 0.0717. The molecule has 20 nitrogen and oxygen atoms in total. The molecule has 1 unspecified atom stereocenters. The number of ether oxygens (including phenoxy) is 5. The average molecular weight is 1100 g/mol. The van der Waals surface area contributed by atoms with Crippen LogP contribution in [0, 0.1) is 0 Å². The van der Waals surface area contributed by atoms with E-state index in [0.29, 0.717) is 19.3 Å². The van der Waals surface area contributed by atoms with Crippen LogP contribution >= 0.6 is 0 Å².